The molecule has 0 aromatic heterocycles. The highest BCUT2D eigenvalue weighted by molar-refractivity contribution is 7.94. The Bertz CT molecular complexity index is 1440. The smallest absolute Gasteiger partial charge is 0.461 e. The number of carbonyl (C=O) groups is 2. The van der Waals surface area contributed by atoms with Crippen LogP contribution in [0, 0.1) is 11.8 Å². The molecule has 39 heavy (non-hydrogen) atoms. The highest BCUT2D eigenvalue weighted by atomic mass is 35.5. The van der Waals surface area contributed by atoms with Crippen LogP contribution in [0.4, 0.5) is 13.2 Å². The molecule has 208 valence electrons. The van der Waals surface area contributed by atoms with Crippen molar-refractivity contribution >= 4 is 33.3 Å². The van der Waals surface area contributed by atoms with Crippen LogP contribution in [0.1, 0.15) is 47.9 Å². The number of allylic oxidation sites excluding steroid dienone is 1. The van der Waals surface area contributed by atoms with E-state index in [1.54, 1.807) is 12.1 Å². The topological polar surface area (TPSA) is 80.8 Å². The van der Waals surface area contributed by atoms with Crippen molar-refractivity contribution in [3.05, 3.63) is 74.7 Å². The predicted octanol–water partition coefficient (Wildman–Crippen LogP) is 5.55. The van der Waals surface area contributed by atoms with Gasteiger partial charge in [-0.3, -0.25) is 9.59 Å². The molecule has 0 N–H and O–H groups in total. The SMILES string of the molecule is O=C1OCc2cc(Cl)ccc2CC1C1CCC(=CS(=O)(=O)c2ccc3c(c2)CN(C(=O)C(F)(F)F)CC3)CC1. The number of sulfone groups is 1. The second kappa shape index (κ2) is 10.6. The van der Waals surface area contributed by atoms with E-state index in [1.165, 1.54) is 17.5 Å². The van der Waals surface area contributed by atoms with E-state index in [2.05, 4.69) is 0 Å². The molecule has 0 bridgehead atoms. The lowest BCUT2D eigenvalue weighted by atomic mass is 9.76. The second-order valence-corrected chi connectivity index (χ2v) is 12.6. The van der Waals surface area contributed by atoms with E-state index in [-0.39, 0.29) is 48.8 Å². The van der Waals surface area contributed by atoms with Crippen molar-refractivity contribution in [2.45, 2.75) is 62.7 Å². The zero-order valence-electron chi connectivity index (χ0n) is 21.0. The van der Waals surface area contributed by atoms with Crippen molar-refractivity contribution in [2.75, 3.05) is 6.54 Å². The second-order valence-electron chi connectivity index (χ2n) is 10.4. The number of amides is 1. The van der Waals surface area contributed by atoms with Gasteiger partial charge in [-0.2, -0.15) is 13.2 Å². The highest BCUT2D eigenvalue weighted by Crippen LogP contribution is 2.38. The highest BCUT2D eigenvalue weighted by Gasteiger charge is 2.43. The standard InChI is InChI=1S/C28H27ClF3NO5S/c29-23-7-5-20-13-25(26(34)38-15-22(20)11-23)19-3-1-17(2-4-19)16-39(36,37)24-8-6-18-9-10-33(14-21(18)12-24)27(35)28(30,31)32/h5-8,11-12,16,19,25H,1-4,9-10,13-15H2. The zero-order chi connectivity index (χ0) is 27.9. The molecule has 5 rings (SSSR count). The van der Waals surface area contributed by atoms with Gasteiger partial charge < -0.3 is 9.64 Å². The van der Waals surface area contributed by atoms with Gasteiger partial charge in [-0.1, -0.05) is 29.3 Å². The Balaban J connectivity index is 1.27. The Morgan fingerprint density at radius 2 is 1.72 bits per heavy atom. The van der Waals surface area contributed by atoms with Gasteiger partial charge in [-0.15, -0.1) is 0 Å². The number of halogens is 4. The Hall–Kier alpha value is -2.85. The molecular weight excluding hydrogens is 555 g/mol. The molecule has 0 saturated heterocycles. The third-order valence-electron chi connectivity index (χ3n) is 7.89. The molecule has 1 saturated carbocycles. The van der Waals surface area contributed by atoms with E-state index in [4.69, 9.17) is 16.3 Å². The normalized spacial score (nSPS) is 21.9. The minimum atomic E-state index is -4.98. The maximum Gasteiger partial charge on any atom is 0.471 e. The van der Waals surface area contributed by atoms with Gasteiger partial charge in [-0.25, -0.2) is 8.42 Å². The molecule has 6 nitrogen and oxygen atoms in total. The number of hydrogen-bond donors (Lipinski definition) is 0. The van der Waals surface area contributed by atoms with Crippen molar-refractivity contribution in [1.82, 2.24) is 4.90 Å². The first kappa shape index (κ1) is 27.7. The van der Waals surface area contributed by atoms with Crippen molar-refractivity contribution < 1.29 is 35.9 Å². The number of cyclic esters (lactones) is 1. The largest absolute Gasteiger partial charge is 0.471 e. The first-order valence-corrected chi connectivity index (χ1v) is 14.7. The van der Waals surface area contributed by atoms with Crippen LogP contribution in [-0.4, -0.2) is 37.9 Å². The van der Waals surface area contributed by atoms with Gasteiger partial charge in [0, 0.05) is 23.5 Å². The van der Waals surface area contributed by atoms with E-state index in [0.29, 0.717) is 47.6 Å². The monoisotopic (exact) mass is 581 g/mol. The number of benzene rings is 2. The van der Waals surface area contributed by atoms with Crippen LogP contribution in [0.15, 0.2) is 52.3 Å². The van der Waals surface area contributed by atoms with Gasteiger partial charge in [0.15, 0.2) is 9.84 Å². The van der Waals surface area contributed by atoms with Crippen LogP contribution in [0.5, 0.6) is 0 Å². The van der Waals surface area contributed by atoms with Crippen molar-refractivity contribution in [3.63, 3.8) is 0 Å². The summed E-state index contributed by atoms with van der Waals surface area (Å²) in [6.07, 6.45) is -1.89. The molecule has 2 heterocycles. The van der Waals surface area contributed by atoms with Crippen LogP contribution >= 0.6 is 11.6 Å². The molecule has 1 amide bonds. The molecule has 11 heteroatoms. The summed E-state index contributed by atoms with van der Waals surface area (Å²) >= 11 is 6.08. The van der Waals surface area contributed by atoms with E-state index < -0.39 is 21.9 Å². The minimum absolute atomic E-state index is 0.0141. The average Bonchev–Trinajstić information content (AvgIpc) is 3.05. The van der Waals surface area contributed by atoms with E-state index >= 15 is 0 Å². The van der Waals surface area contributed by atoms with E-state index in [1.807, 2.05) is 12.1 Å². The fourth-order valence-corrected chi connectivity index (χ4v) is 7.31. The lowest BCUT2D eigenvalue weighted by Crippen LogP contribution is -2.43. The van der Waals surface area contributed by atoms with Crippen LogP contribution in [0.25, 0.3) is 0 Å². The van der Waals surface area contributed by atoms with Gasteiger partial charge in [0.2, 0.25) is 0 Å². The van der Waals surface area contributed by atoms with Gasteiger partial charge in [0.25, 0.3) is 0 Å². The van der Waals surface area contributed by atoms with Crippen molar-refractivity contribution in [1.29, 1.82) is 0 Å². The molecule has 0 radical (unpaired) electrons. The Morgan fingerprint density at radius 3 is 2.44 bits per heavy atom. The predicted molar refractivity (Wildman–Crippen MR) is 137 cm³/mol. The molecule has 0 spiro atoms. The Labute approximate surface area is 229 Å². The average molecular weight is 582 g/mol. The molecular formula is C28H27ClF3NO5S. The van der Waals surface area contributed by atoms with Crippen molar-refractivity contribution in [2.24, 2.45) is 11.8 Å². The number of carbonyl (C=O) groups excluding carboxylic acids is 2. The third kappa shape index (κ3) is 6.01. The zero-order valence-corrected chi connectivity index (χ0v) is 22.5. The number of nitrogens with zero attached hydrogens (tertiary/aromatic N) is 1. The molecule has 2 aromatic rings. The van der Waals surface area contributed by atoms with Crippen LogP contribution in [-0.2, 0) is 50.2 Å². The molecule has 2 aromatic carbocycles. The molecule has 1 fully saturated rings. The molecule has 1 unspecified atom stereocenters. The Morgan fingerprint density at radius 1 is 1.00 bits per heavy atom. The van der Waals surface area contributed by atoms with Crippen molar-refractivity contribution in [3.8, 4) is 0 Å². The summed E-state index contributed by atoms with van der Waals surface area (Å²) in [6, 6.07) is 9.97. The van der Waals surface area contributed by atoms with Crippen LogP contribution in [0.2, 0.25) is 5.02 Å². The summed E-state index contributed by atoms with van der Waals surface area (Å²) in [5.41, 5.74) is 3.80. The fourth-order valence-electron chi connectivity index (χ4n) is 5.74. The lowest BCUT2D eigenvalue weighted by Gasteiger charge is -2.30. The summed E-state index contributed by atoms with van der Waals surface area (Å²) < 4.78 is 70.5. The summed E-state index contributed by atoms with van der Waals surface area (Å²) in [6.45, 7) is -0.178. The number of rotatable bonds is 3. The lowest BCUT2D eigenvalue weighted by molar-refractivity contribution is -0.186. The first-order chi connectivity index (χ1) is 18.4. The van der Waals surface area contributed by atoms with Crippen LogP contribution in [0.3, 0.4) is 0 Å². The number of ether oxygens (including phenoxy) is 1. The summed E-state index contributed by atoms with van der Waals surface area (Å²) in [4.78, 5) is 25.1. The van der Waals surface area contributed by atoms with Gasteiger partial charge >= 0.3 is 18.1 Å². The summed E-state index contributed by atoms with van der Waals surface area (Å²) in [5.74, 6) is -2.43. The van der Waals surface area contributed by atoms with E-state index in [0.717, 1.165) is 22.3 Å². The number of hydrogen-bond acceptors (Lipinski definition) is 5. The molecule has 1 aliphatic carbocycles. The molecule has 3 aliphatic rings. The van der Waals surface area contributed by atoms with E-state index in [9.17, 15) is 31.2 Å². The Kier molecular flexibility index (Phi) is 7.54. The minimum Gasteiger partial charge on any atom is -0.461 e. The molecule has 2 aliphatic heterocycles. The maximum absolute atomic E-state index is 13.2. The summed E-state index contributed by atoms with van der Waals surface area (Å²) in [5, 5.41) is 1.83. The van der Waals surface area contributed by atoms with Gasteiger partial charge in [-0.05, 0) is 91.0 Å². The quantitative estimate of drug-likeness (QED) is 0.444. The first-order valence-electron chi connectivity index (χ1n) is 12.8. The summed E-state index contributed by atoms with van der Waals surface area (Å²) in [7, 11) is -3.85. The number of esters is 1. The van der Waals surface area contributed by atoms with Crippen LogP contribution < -0.4 is 0 Å². The number of fused-ring (bicyclic) bond motifs is 2. The molecule has 1 atom stereocenters. The fraction of sp³-hybridized carbons (Fsp3) is 0.429. The maximum atomic E-state index is 13.2. The third-order valence-corrected chi connectivity index (χ3v) is 9.68. The number of alkyl halides is 3. The van der Waals surface area contributed by atoms with Gasteiger partial charge in [0.05, 0.1) is 10.8 Å². The van der Waals surface area contributed by atoms with Gasteiger partial charge in [0.1, 0.15) is 6.61 Å².